The van der Waals surface area contributed by atoms with Gasteiger partial charge in [0, 0.05) is 31.3 Å². The van der Waals surface area contributed by atoms with Gasteiger partial charge in [0.1, 0.15) is 6.33 Å². The zero-order chi connectivity index (χ0) is 16.2. The molecule has 7 nitrogen and oxygen atoms in total. The molecule has 1 unspecified atom stereocenters. The monoisotopic (exact) mass is 314 g/mol. The van der Waals surface area contributed by atoms with Gasteiger partial charge in [0.15, 0.2) is 6.10 Å². The molecule has 0 spiro atoms. The zero-order valence-corrected chi connectivity index (χ0v) is 12.6. The number of anilines is 1. The molecule has 0 fully saturated rings. The summed E-state index contributed by atoms with van der Waals surface area (Å²) >= 11 is 0. The summed E-state index contributed by atoms with van der Waals surface area (Å²) in [5.74, 6) is 0.132. The number of ether oxygens (including phenoxy) is 1. The fourth-order valence-corrected chi connectivity index (χ4v) is 2.65. The van der Waals surface area contributed by atoms with Gasteiger partial charge < -0.3 is 20.5 Å². The number of carbonyl (C=O) groups is 1. The number of nitrogens with zero attached hydrogens (tertiary/aromatic N) is 3. The second-order valence-electron chi connectivity index (χ2n) is 5.20. The average molecular weight is 314 g/mol. The van der Waals surface area contributed by atoms with Crippen molar-refractivity contribution in [2.24, 2.45) is 5.73 Å². The Bertz CT molecular complexity index is 707. The Morgan fingerprint density at radius 3 is 2.96 bits per heavy atom. The van der Waals surface area contributed by atoms with Gasteiger partial charge in [0.2, 0.25) is 5.88 Å². The number of rotatable bonds is 5. The molecule has 3 rings (SSSR count). The highest BCUT2D eigenvalue weighted by Crippen LogP contribution is 2.29. The van der Waals surface area contributed by atoms with Gasteiger partial charge in [-0.25, -0.2) is 9.97 Å². The lowest BCUT2D eigenvalue weighted by molar-refractivity contribution is -0.126. The third-order valence-electron chi connectivity index (χ3n) is 3.72. The number of carbonyl (C=O) groups excluding carboxylic acids is 1. The first-order chi connectivity index (χ1) is 11.2. The van der Waals surface area contributed by atoms with E-state index in [4.69, 9.17) is 10.5 Å². The third-order valence-corrected chi connectivity index (χ3v) is 3.72. The van der Waals surface area contributed by atoms with E-state index in [-0.39, 0.29) is 25.6 Å². The molecule has 0 radical (unpaired) electrons. The lowest BCUT2D eigenvalue weighted by Crippen LogP contribution is -2.48. The molecule has 23 heavy (non-hydrogen) atoms. The molecule has 1 amide bonds. The highest BCUT2D eigenvalue weighted by atomic mass is 16.5. The maximum absolute atomic E-state index is 12.7. The van der Waals surface area contributed by atoms with Crippen LogP contribution in [-0.2, 0) is 17.8 Å². The number of nitrogens with two attached hydrogens (primary N) is 1. The molecule has 0 bridgehead atoms. The van der Waals surface area contributed by atoms with Crippen molar-refractivity contribution >= 4 is 11.6 Å². The Morgan fingerprint density at radius 1 is 1.35 bits per heavy atom. The summed E-state index contributed by atoms with van der Waals surface area (Å²) in [5.41, 5.74) is 8.01. The normalized spacial score (nSPS) is 17.0. The van der Waals surface area contributed by atoms with Crippen molar-refractivity contribution in [3.05, 3.63) is 47.9 Å². The highest BCUT2D eigenvalue weighted by molar-refractivity contribution is 5.99. The van der Waals surface area contributed by atoms with Gasteiger partial charge in [-0.05, 0) is 11.6 Å². The van der Waals surface area contributed by atoms with Crippen molar-refractivity contribution < 1.29 is 14.6 Å². The van der Waals surface area contributed by atoms with Gasteiger partial charge in [-0.3, -0.25) is 4.79 Å². The van der Waals surface area contributed by atoms with Crippen LogP contribution < -0.4 is 15.4 Å². The summed E-state index contributed by atoms with van der Waals surface area (Å²) in [5, 5.41) is 9.24. The first-order valence-corrected chi connectivity index (χ1v) is 7.40. The van der Waals surface area contributed by atoms with Crippen LogP contribution in [0.4, 0.5) is 5.69 Å². The lowest BCUT2D eigenvalue weighted by Gasteiger charge is -2.33. The topological polar surface area (TPSA) is 102 Å². The number of hydrogen-bond acceptors (Lipinski definition) is 6. The van der Waals surface area contributed by atoms with Crippen LogP contribution in [-0.4, -0.2) is 40.2 Å². The number of aromatic nitrogens is 2. The Kier molecular flexibility index (Phi) is 4.50. The minimum absolute atomic E-state index is 0.113. The van der Waals surface area contributed by atoms with E-state index in [1.807, 2.05) is 24.3 Å². The molecule has 0 saturated heterocycles. The molecule has 120 valence electrons. The average Bonchev–Trinajstić information content (AvgIpc) is 2.59. The molecule has 0 saturated carbocycles. The molecule has 3 N–H and O–H groups in total. The minimum Gasteiger partial charge on any atom is -0.464 e. The SMILES string of the molecule is NCc1cc(OC2Cc3ccccc3N(CCO)C2=O)ncn1. The summed E-state index contributed by atoms with van der Waals surface area (Å²) in [6.07, 6.45) is 1.14. The van der Waals surface area contributed by atoms with Gasteiger partial charge in [-0.15, -0.1) is 0 Å². The second-order valence-corrected chi connectivity index (χ2v) is 5.20. The standard InChI is InChI=1S/C16H18N4O3/c17-9-12-8-15(19-10-18-12)23-14-7-11-3-1-2-4-13(11)20(5-6-21)16(14)22/h1-4,8,10,14,21H,5-7,9,17H2. The Balaban J connectivity index is 1.87. The van der Waals surface area contributed by atoms with Crippen molar-refractivity contribution in [2.75, 3.05) is 18.1 Å². The number of fused-ring (bicyclic) bond motifs is 1. The molecule has 1 aliphatic heterocycles. The van der Waals surface area contributed by atoms with Crippen LogP contribution in [0.25, 0.3) is 0 Å². The predicted octanol–water partition coefficient (Wildman–Crippen LogP) is 0.264. The molecule has 0 aliphatic carbocycles. The first-order valence-electron chi connectivity index (χ1n) is 7.40. The number of aliphatic hydroxyl groups is 1. The number of β-amino-alcohol motifs (C(OH)–C–C–N with tert-alkyl or cyclic N) is 1. The van der Waals surface area contributed by atoms with Crippen LogP contribution in [0, 0.1) is 0 Å². The number of aliphatic hydroxyl groups excluding tert-OH is 1. The van der Waals surface area contributed by atoms with E-state index in [0.717, 1.165) is 11.3 Å². The number of amides is 1. The first kappa shape index (κ1) is 15.4. The van der Waals surface area contributed by atoms with Crippen LogP contribution >= 0.6 is 0 Å². The van der Waals surface area contributed by atoms with E-state index in [1.165, 1.54) is 6.33 Å². The van der Waals surface area contributed by atoms with Crippen molar-refractivity contribution in [1.82, 2.24) is 9.97 Å². The maximum Gasteiger partial charge on any atom is 0.268 e. The summed E-state index contributed by atoms with van der Waals surface area (Å²) in [6.45, 7) is 0.391. The van der Waals surface area contributed by atoms with Gasteiger partial charge in [0.25, 0.3) is 5.91 Å². The molecule has 1 aromatic carbocycles. The Labute approximate surface area is 133 Å². The second kappa shape index (κ2) is 6.72. The summed E-state index contributed by atoms with van der Waals surface area (Å²) in [7, 11) is 0. The fourth-order valence-electron chi connectivity index (χ4n) is 2.65. The molecule has 7 heteroatoms. The van der Waals surface area contributed by atoms with Gasteiger partial charge in [-0.2, -0.15) is 0 Å². The number of para-hydroxylation sites is 1. The molecule has 1 atom stereocenters. The zero-order valence-electron chi connectivity index (χ0n) is 12.6. The predicted molar refractivity (Wildman–Crippen MR) is 83.9 cm³/mol. The smallest absolute Gasteiger partial charge is 0.268 e. The molecule has 1 aromatic heterocycles. The molecule has 1 aliphatic rings. The highest BCUT2D eigenvalue weighted by Gasteiger charge is 2.34. The van der Waals surface area contributed by atoms with E-state index in [1.54, 1.807) is 11.0 Å². The van der Waals surface area contributed by atoms with Gasteiger partial charge in [0.05, 0.1) is 12.3 Å². The fraction of sp³-hybridized carbons (Fsp3) is 0.312. The van der Waals surface area contributed by atoms with Gasteiger partial charge in [-0.1, -0.05) is 18.2 Å². The molecule has 2 aromatic rings. The van der Waals surface area contributed by atoms with Gasteiger partial charge >= 0.3 is 0 Å². The van der Waals surface area contributed by atoms with Crippen molar-refractivity contribution in [1.29, 1.82) is 0 Å². The summed E-state index contributed by atoms with van der Waals surface area (Å²) < 4.78 is 5.76. The van der Waals surface area contributed by atoms with Crippen LogP contribution in [0.1, 0.15) is 11.3 Å². The van der Waals surface area contributed by atoms with E-state index in [0.29, 0.717) is 18.0 Å². The molecular weight excluding hydrogens is 296 g/mol. The van der Waals surface area contributed by atoms with Crippen LogP contribution in [0.5, 0.6) is 5.88 Å². The third kappa shape index (κ3) is 3.15. The van der Waals surface area contributed by atoms with Crippen molar-refractivity contribution in [2.45, 2.75) is 19.1 Å². The van der Waals surface area contributed by atoms with E-state index in [9.17, 15) is 9.90 Å². The quantitative estimate of drug-likeness (QED) is 0.821. The lowest BCUT2D eigenvalue weighted by atomic mass is 9.99. The largest absolute Gasteiger partial charge is 0.464 e. The summed E-state index contributed by atoms with van der Waals surface area (Å²) in [4.78, 5) is 22.2. The van der Waals surface area contributed by atoms with Crippen LogP contribution in [0.2, 0.25) is 0 Å². The van der Waals surface area contributed by atoms with Crippen molar-refractivity contribution in [3.63, 3.8) is 0 Å². The molecular formula is C16H18N4O3. The van der Waals surface area contributed by atoms with E-state index in [2.05, 4.69) is 9.97 Å². The Morgan fingerprint density at radius 2 is 2.17 bits per heavy atom. The minimum atomic E-state index is -0.683. The van der Waals surface area contributed by atoms with E-state index < -0.39 is 6.10 Å². The van der Waals surface area contributed by atoms with E-state index >= 15 is 0 Å². The van der Waals surface area contributed by atoms with Crippen LogP contribution in [0.15, 0.2) is 36.7 Å². The van der Waals surface area contributed by atoms with Crippen molar-refractivity contribution in [3.8, 4) is 5.88 Å². The number of hydrogen-bond donors (Lipinski definition) is 2. The number of benzene rings is 1. The van der Waals surface area contributed by atoms with Crippen LogP contribution in [0.3, 0.4) is 0 Å². The molecule has 2 heterocycles. The Hall–Kier alpha value is -2.51. The summed E-state index contributed by atoms with van der Waals surface area (Å²) in [6, 6.07) is 9.24. The maximum atomic E-state index is 12.7.